The van der Waals surface area contributed by atoms with Crippen molar-refractivity contribution in [3.05, 3.63) is 24.3 Å². The Hall–Kier alpha value is -1.22. The lowest BCUT2D eigenvalue weighted by Gasteiger charge is -2.26. The third kappa shape index (κ3) is 28.9. The molecule has 0 aliphatic carbocycles. The molecule has 0 rings (SSSR count). The number of allylic oxidation sites excluding steroid dienone is 4. The van der Waals surface area contributed by atoms with Gasteiger partial charge in [0.15, 0.2) is 5.78 Å². The normalized spacial score (nSPS) is 12.2. The minimum Gasteiger partial charge on any atom is -0.293 e. The molecule has 0 atom stereocenters. The molecule has 0 radical (unpaired) electrons. The summed E-state index contributed by atoms with van der Waals surface area (Å²) in [4.78, 5) is 25.3. The highest BCUT2D eigenvalue weighted by molar-refractivity contribution is 5.81. The molecule has 1 amide bonds. The third-order valence-corrected chi connectivity index (χ3v) is 8.62. The van der Waals surface area contributed by atoms with Gasteiger partial charge in [0.25, 0.3) is 0 Å². The van der Waals surface area contributed by atoms with Crippen LogP contribution in [0.1, 0.15) is 194 Å². The van der Waals surface area contributed by atoms with Crippen molar-refractivity contribution < 1.29 is 14.1 Å². The number of amides is 1. The number of rotatable bonds is 32. The summed E-state index contributed by atoms with van der Waals surface area (Å²) in [6.45, 7) is 4.90. The van der Waals surface area contributed by atoms with Crippen LogP contribution in [-0.2, 0) is 9.59 Å². The number of Topliss-reactive ketones (excluding diaryl/α,β-unsaturated/α-hetero) is 1. The predicted octanol–water partition coefficient (Wildman–Crippen LogP) is 12.2. The highest BCUT2D eigenvalue weighted by Crippen LogP contribution is 2.14. The Bertz CT molecular complexity index is 663. The summed E-state index contributed by atoms with van der Waals surface area (Å²) >= 11 is 0. The van der Waals surface area contributed by atoms with Crippen LogP contribution in [0, 0.1) is 0 Å². The molecule has 0 bridgehead atoms. The van der Waals surface area contributed by atoms with Crippen molar-refractivity contribution in [2.75, 3.05) is 20.6 Å². The number of hydrogen-bond donors (Lipinski definition) is 0. The van der Waals surface area contributed by atoms with Crippen LogP contribution in [0.15, 0.2) is 24.3 Å². The Labute approximate surface area is 264 Å². The summed E-state index contributed by atoms with van der Waals surface area (Å²) in [7, 11) is 3.83. The Kier molecular flexibility index (Phi) is 30.3. The Morgan fingerprint density at radius 2 is 0.738 bits per heavy atom. The molecular weight excluding hydrogens is 514 g/mol. The van der Waals surface area contributed by atoms with Crippen molar-refractivity contribution in [1.82, 2.24) is 0 Å². The minimum absolute atomic E-state index is 0.213. The SMILES string of the molecule is CCCCCCCCC=CCCCCCCCC(=O)C[N+](C)(C)C(=O)CCCCCCCC=CCCCCCCCC. The van der Waals surface area contributed by atoms with E-state index in [2.05, 4.69) is 38.2 Å². The summed E-state index contributed by atoms with van der Waals surface area (Å²) in [5.41, 5.74) is 0. The van der Waals surface area contributed by atoms with Crippen molar-refractivity contribution in [3.8, 4) is 0 Å². The second-order valence-corrected chi connectivity index (χ2v) is 13.4. The van der Waals surface area contributed by atoms with Crippen molar-refractivity contribution in [1.29, 1.82) is 0 Å². The lowest BCUT2D eigenvalue weighted by Crippen LogP contribution is -2.48. The summed E-state index contributed by atoms with van der Waals surface area (Å²) in [6, 6.07) is 0. The topological polar surface area (TPSA) is 34.1 Å². The smallest absolute Gasteiger partial charge is 0.293 e. The molecule has 0 aromatic rings. The van der Waals surface area contributed by atoms with Gasteiger partial charge in [-0.05, 0) is 64.2 Å². The quantitative estimate of drug-likeness (QED) is 0.0445. The van der Waals surface area contributed by atoms with E-state index in [1.165, 1.54) is 141 Å². The van der Waals surface area contributed by atoms with Gasteiger partial charge in [0.05, 0.1) is 20.5 Å². The number of quaternary nitrogens is 1. The molecular formula is C39H74NO2+. The fourth-order valence-corrected chi connectivity index (χ4v) is 5.65. The fraction of sp³-hybridized carbons (Fsp3) is 0.846. The lowest BCUT2D eigenvalue weighted by atomic mass is 10.1. The standard InChI is InChI=1S/C39H74NO2/c1-5-7-9-11-13-15-17-19-21-23-25-27-29-31-33-35-38(41)37-40(3,4)39(42)36-34-32-30-28-26-24-22-20-18-16-14-12-10-8-6-2/h19-22H,5-18,23-37H2,1-4H3/q+1. The lowest BCUT2D eigenvalue weighted by molar-refractivity contribution is -0.805. The Balaban J connectivity index is 3.63. The van der Waals surface area contributed by atoms with E-state index in [9.17, 15) is 9.59 Å². The number of likely N-dealkylation sites (N-methyl/N-ethyl adjacent to an activating group) is 1. The average Bonchev–Trinajstić information content (AvgIpc) is 2.96. The molecule has 246 valence electrons. The molecule has 0 N–H and O–H groups in total. The molecule has 0 heterocycles. The first kappa shape index (κ1) is 40.8. The van der Waals surface area contributed by atoms with Gasteiger partial charge in [0.1, 0.15) is 6.54 Å². The number of carbonyl (C=O) groups excluding carboxylic acids is 2. The highest BCUT2D eigenvalue weighted by Gasteiger charge is 2.28. The largest absolute Gasteiger partial charge is 0.313 e. The zero-order valence-corrected chi connectivity index (χ0v) is 29.1. The number of nitrogens with zero attached hydrogens (tertiary/aromatic N) is 1. The van der Waals surface area contributed by atoms with Crippen LogP contribution in [0.4, 0.5) is 0 Å². The van der Waals surface area contributed by atoms with Gasteiger partial charge in [0.2, 0.25) is 0 Å². The molecule has 0 saturated carbocycles. The van der Waals surface area contributed by atoms with Crippen LogP contribution in [0.3, 0.4) is 0 Å². The zero-order chi connectivity index (χ0) is 31.0. The molecule has 0 saturated heterocycles. The molecule has 0 spiro atoms. The fourth-order valence-electron chi connectivity index (χ4n) is 5.65. The molecule has 0 aromatic carbocycles. The number of carbonyl (C=O) groups is 2. The molecule has 3 nitrogen and oxygen atoms in total. The Morgan fingerprint density at radius 1 is 0.429 bits per heavy atom. The van der Waals surface area contributed by atoms with Crippen LogP contribution in [0.5, 0.6) is 0 Å². The van der Waals surface area contributed by atoms with E-state index >= 15 is 0 Å². The van der Waals surface area contributed by atoms with Crippen LogP contribution in [-0.4, -0.2) is 36.8 Å². The van der Waals surface area contributed by atoms with Gasteiger partial charge < -0.3 is 0 Å². The van der Waals surface area contributed by atoms with E-state index in [-0.39, 0.29) is 16.2 Å². The molecule has 0 unspecified atom stereocenters. The van der Waals surface area contributed by atoms with Crippen molar-refractivity contribution >= 4 is 11.7 Å². The van der Waals surface area contributed by atoms with Crippen LogP contribution in [0.25, 0.3) is 0 Å². The average molecular weight is 589 g/mol. The maximum absolute atomic E-state index is 12.8. The molecule has 0 aliphatic heterocycles. The monoisotopic (exact) mass is 589 g/mol. The summed E-state index contributed by atoms with van der Waals surface area (Å²) < 4.78 is 0.216. The van der Waals surface area contributed by atoms with Gasteiger partial charge in [0, 0.05) is 6.42 Å². The van der Waals surface area contributed by atoms with Crippen molar-refractivity contribution in [2.45, 2.75) is 194 Å². The minimum atomic E-state index is 0.213. The molecule has 0 fully saturated rings. The molecule has 0 aromatic heterocycles. The first-order valence-electron chi connectivity index (χ1n) is 18.6. The zero-order valence-electron chi connectivity index (χ0n) is 29.1. The third-order valence-electron chi connectivity index (χ3n) is 8.62. The maximum Gasteiger partial charge on any atom is 0.313 e. The van der Waals surface area contributed by atoms with Gasteiger partial charge in [-0.2, -0.15) is 0 Å². The van der Waals surface area contributed by atoms with E-state index in [1.807, 2.05) is 14.1 Å². The number of hydrogen-bond acceptors (Lipinski definition) is 2. The van der Waals surface area contributed by atoms with Crippen molar-refractivity contribution in [3.63, 3.8) is 0 Å². The number of ketones is 1. The molecule has 0 aliphatic rings. The second kappa shape index (κ2) is 31.2. The van der Waals surface area contributed by atoms with E-state index < -0.39 is 0 Å². The number of unbranched alkanes of at least 4 members (excludes halogenated alkanes) is 22. The van der Waals surface area contributed by atoms with Crippen molar-refractivity contribution in [2.24, 2.45) is 0 Å². The van der Waals surface area contributed by atoms with Gasteiger partial charge in [-0.1, -0.05) is 141 Å². The van der Waals surface area contributed by atoms with Crippen LogP contribution in [0.2, 0.25) is 0 Å². The first-order chi connectivity index (χ1) is 20.4. The second-order valence-electron chi connectivity index (χ2n) is 13.4. The molecule has 3 heteroatoms. The highest BCUT2D eigenvalue weighted by atomic mass is 16.2. The summed E-state index contributed by atoms with van der Waals surface area (Å²) in [5.74, 6) is 0.459. The van der Waals surface area contributed by atoms with E-state index in [0.29, 0.717) is 19.4 Å². The molecule has 42 heavy (non-hydrogen) atoms. The summed E-state index contributed by atoms with van der Waals surface area (Å²) in [6.07, 6.45) is 43.7. The van der Waals surface area contributed by atoms with Gasteiger partial charge in [-0.3, -0.25) is 9.28 Å². The van der Waals surface area contributed by atoms with Crippen LogP contribution >= 0.6 is 0 Å². The van der Waals surface area contributed by atoms with Crippen LogP contribution < -0.4 is 0 Å². The maximum atomic E-state index is 12.8. The predicted molar refractivity (Wildman–Crippen MR) is 186 cm³/mol. The van der Waals surface area contributed by atoms with E-state index in [0.717, 1.165) is 25.7 Å². The Morgan fingerprint density at radius 3 is 1.12 bits per heavy atom. The summed E-state index contributed by atoms with van der Waals surface area (Å²) in [5, 5.41) is 0. The first-order valence-corrected chi connectivity index (χ1v) is 18.6. The van der Waals surface area contributed by atoms with E-state index in [1.54, 1.807) is 0 Å². The van der Waals surface area contributed by atoms with Gasteiger partial charge in [-0.25, -0.2) is 4.79 Å². The van der Waals surface area contributed by atoms with Gasteiger partial charge in [-0.15, -0.1) is 0 Å². The van der Waals surface area contributed by atoms with Gasteiger partial charge >= 0.3 is 5.91 Å². The van der Waals surface area contributed by atoms with E-state index in [4.69, 9.17) is 0 Å².